The Morgan fingerprint density at radius 2 is 1.58 bits per heavy atom. The second-order valence-electron chi connectivity index (χ2n) is 7.25. The molecule has 31 heavy (non-hydrogen) atoms. The lowest BCUT2D eigenvalue weighted by molar-refractivity contribution is 0.0528. The fourth-order valence-corrected chi connectivity index (χ4v) is 3.97. The number of rotatable bonds is 2. The van der Waals surface area contributed by atoms with Crippen LogP contribution in [-0.4, -0.2) is 32.4 Å². The van der Waals surface area contributed by atoms with Gasteiger partial charge in [0.15, 0.2) is 17.2 Å². The van der Waals surface area contributed by atoms with Gasteiger partial charge in [-0.2, -0.15) is 9.61 Å². The van der Waals surface area contributed by atoms with Gasteiger partial charge in [-0.05, 0) is 31.2 Å². The van der Waals surface area contributed by atoms with E-state index in [2.05, 4.69) is 36.6 Å². The van der Waals surface area contributed by atoms with Crippen LogP contribution in [0.1, 0.15) is 23.0 Å². The predicted octanol–water partition coefficient (Wildman–Crippen LogP) is 3.12. The molecule has 2 aromatic carbocycles. The van der Waals surface area contributed by atoms with Gasteiger partial charge in [0, 0.05) is 0 Å². The first-order valence-electron chi connectivity index (χ1n) is 9.90. The van der Waals surface area contributed by atoms with Gasteiger partial charge in [-0.3, -0.25) is 0 Å². The van der Waals surface area contributed by atoms with Crippen LogP contribution in [0.5, 0.6) is 0 Å². The molecular weight excluding hydrogens is 396 g/mol. The van der Waals surface area contributed by atoms with Gasteiger partial charge in [-0.25, -0.2) is 4.79 Å². The SMILES string of the molecule is CCOC(=O)c1cnn2c3c(nnc12)C1(Nc2ccccc2N3)Nc2ccccc2N1. The molecule has 0 saturated carbocycles. The van der Waals surface area contributed by atoms with Crippen LogP contribution in [0, 0.1) is 0 Å². The van der Waals surface area contributed by atoms with Gasteiger partial charge in [0.2, 0.25) is 5.79 Å². The molecule has 4 N–H and O–H groups in total. The Hall–Kier alpha value is -4.34. The van der Waals surface area contributed by atoms with Gasteiger partial charge >= 0.3 is 5.97 Å². The van der Waals surface area contributed by atoms with Crippen molar-refractivity contribution in [3.8, 4) is 0 Å². The number of carbonyl (C=O) groups is 1. The molecular formula is C21H18N8O2. The first-order valence-corrected chi connectivity index (χ1v) is 9.90. The Labute approximate surface area is 176 Å². The minimum absolute atomic E-state index is 0.258. The second-order valence-corrected chi connectivity index (χ2v) is 7.25. The quantitative estimate of drug-likeness (QED) is 0.367. The third kappa shape index (κ3) is 2.51. The molecule has 0 bridgehead atoms. The monoisotopic (exact) mass is 414 g/mol. The lowest BCUT2D eigenvalue weighted by atomic mass is 10.2. The van der Waals surface area contributed by atoms with Crippen LogP contribution in [0.4, 0.5) is 28.6 Å². The van der Waals surface area contributed by atoms with Crippen molar-refractivity contribution >= 4 is 40.2 Å². The lowest BCUT2D eigenvalue weighted by Gasteiger charge is -2.31. The van der Waals surface area contributed by atoms with E-state index in [1.807, 2.05) is 48.5 Å². The Kier molecular flexibility index (Phi) is 3.57. The molecule has 2 aromatic heterocycles. The topological polar surface area (TPSA) is 118 Å². The molecule has 0 atom stereocenters. The van der Waals surface area contributed by atoms with Crippen molar-refractivity contribution in [3.05, 3.63) is 66.0 Å². The summed E-state index contributed by atoms with van der Waals surface area (Å²) in [6.45, 7) is 2.02. The van der Waals surface area contributed by atoms with E-state index >= 15 is 0 Å². The van der Waals surface area contributed by atoms with E-state index < -0.39 is 11.8 Å². The summed E-state index contributed by atoms with van der Waals surface area (Å²) >= 11 is 0. The van der Waals surface area contributed by atoms with Crippen LogP contribution in [0.2, 0.25) is 0 Å². The highest BCUT2D eigenvalue weighted by Gasteiger charge is 2.45. The Balaban J connectivity index is 1.58. The van der Waals surface area contributed by atoms with Crippen LogP contribution in [-0.2, 0) is 10.5 Å². The molecule has 0 unspecified atom stereocenters. The number of anilines is 5. The fraction of sp³-hybridized carbons (Fsp3) is 0.143. The zero-order valence-corrected chi connectivity index (χ0v) is 16.5. The Bertz CT molecular complexity index is 1320. The summed E-state index contributed by atoms with van der Waals surface area (Å²) < 4.78 is 6.71. The van der Waals surface area contributed by atoms with Crippen molar-refractivity contribution in [1.82, 2.24) is 19.8 Å². The molecule has 4 heterocycles. The van der Waals surface area contributed by atoms with Crippen molar-refractivity contribution in [3.63, 3.8) is 0 Å². The number of esters is 1. The molecule has 10 heteroatoms. The number of hydrogen-bond donors (Lipinski definition) is 4. The number of nitrogens with zero attached hydrogens (tertiary/aromatic N) is 4. The zero-order valence-electron chi connectivity index (χ0n) is 16.5. The lowest BCUT2D eigenvalue weighted by Crippen LogP contribution is -2.47. The van der Waals surface area contributed by atoms with Crippen LogP contribution in [0.15, 0.2) is 54.7 Å². The molecule has 0 radical (unpaired) electrons. The average Bonchev–Trinajstić information content (AvgIpc) is 3.34. The number of para-hydroxylation sites is 4. The summed E-state index contributed by atoms with van der Waals surface area (Å²) in [5, 5.41) is 27.2. The van der Waals surface area contributed by atoms with E-state index in [1.165, 1.54) is 6.20 Å². The maximum atomic E-state index is 12.4. The van der Waals surface area contributed by atoms with E-state index in [0.717, 1.165) is 22.7 Å². The fourth-order valence-electron chi connectivity index (χ4n) is 3.97. The molecule has 10 nitrogen and oxygen atoms in total. The van der Waals surface area contributed by atoms with Crippen molar-refractivity contribution < 1.29 is 9.53 Å². The van der Waals surface area contributed by atoms with Gasteiger partial charge in [-0.1, -0.05) is 24.3 Å². The van der Waals surface area contributed by atoms with Gasteiger partial charge in [-0.15, -0.1) is 10.2 Å². The maximum absolute atomic E-state index is 12.4. The molecule has 154 valence electrons. The zero-order chi connectivity index (χ0) is 21.0. The van der Waals surface area contributed by atoms with Gasteiger partial charge < -0.3 is 26.0 Å². The number of benzene rings is 2. The van der Waals surface area contributed by atoms with Gasteiger partial charge in [0.25, 0.3) is 0 Å². The van der Waals surface area contributed by atoms with E-state index in [1.54, 1.807) is 11.4 Å². The van der Waals surface area contributed by atoms with Crippen molar-refractivity contribution in [2.24, 2.45) is 0 Å². The van der Waals surface area contributed by atoms with E-state index in [9.17, 15) is 4.79 Å². The van der Waals surface area contributed by atoms with Crippen LogP contribution >= 0.6 is 0 Å². The molecule has 0 amide bonds. The van der Waals surface area contributed by atoms with E-state index in [0.29, 0.717) is 17.2 Å². The molecule has 1 spiro atoms. The van der Waals surface area contributed by atoms with Crippen molar-refractivity contribution in [2.75, 3.05) is 27.9 Å². The smallest absolute Gasteiger partial charge is 0.343 e. The maximum Gasteiger partial charge on any atom is 0.343 e. The van der Waals surface area contributed by atoms with Gasteiger partial charge in [0.05, 0.1) is 35.6 Å². The van der Waals surface area contributed by atoms with Crippen LogP contribution < -0.4 is 21.3 Å². The van der Waals surface area contributed by atoms with Crippen LogP contribution in [0.25, 0.3) is 5.65 Å². The Morgan fingerprint density at radius 1 is 0.968 bits per heavy atom. The molecule has 2 aliphatic rings. The summed E-state index contributed by atoms with van der Waals surface area (Å²) in [5.41, 5.74) is 4.67. The van der Waals surface area contributed by atoms with Crippen molar-refractivity contribution in [1.29, 1.82) is 0 Å². The summed E-state index contributed by atoms with van der Waals surface area (Å²) in [6, 6.07) is 15.7. The summed E-state index contributed by atoms with van der Waals surface area (Å²) in [4.78, 5) is 12.4. The highest BCUT2D eigenvalue weighted by Crippen LogP contribution is 2.45. The second kappa shape index (κ2) is 6.33. The third-order valence-electron chi connectivity index (χ3n) is 5.35. The van der Waals surface area contributed by atoms with Crippen LogP contribution in [0.3, 0.4) is 0 Å². The van der Waals surface area contributed by atoms with Crippen molar-refractivity contribution in [2.45, 2.75) is 12.7 Å². The number of fused-ring (bicyclic) bond motifs is 6. The minimum atomic E-state index is -0.976. The summed E-state index contributed by atoms with van der Waals surface area (Å²) in [7, 11) is 0. The highest BCUT2D eigenvalue weighted by molar-refractivity contribution is 5.96. The van der Waals surface area contributed by atoms with Gasteiger partial charge in [0.1, 0.15) is 5.56 Å². The Morgan fingerprint density at radius 3 is 2.23 bits per heavy atom. The largest absolute Gasteiger partial charge is 0.462 e. The van der Waals surface area contributed by atoms with E-state index in [-0.39, 0.29) is 12.2 Å². The molecule has 2 aliphatic heterocycles. The number of hydrogen-bond acceptors (Lipinski definition) is 9. The molecule has 4 aromatic rings. The normalized spacial score (nSPS) is 14.9. The standard InChI is InChI=1S/C21H18N8O2/c1-2-31-20(30)12-11-22-29-18(12)28-27-17-19(29)23-13-7-3-4-8-14(13)24-21(17)25-15-9-5-6-10-16(15)26-21/h3-11,23-26H,2H2,1H3. The summed E-state index contributed by atoms with van der Waals surface area (Å²) in [6.07, 6.45) is 1.45. The molecule has 6 rings (SSSR count). The van der Waals surface area contributed by atoms with E-state index in [4.69, 9.17) is 4.74 Å². The first kappa shape index (κ1) is 17.5. The number of ether oxygens (including phenoxy) is 1. The summed E-state index contributed by atoms with van der Waals surface area (Å²) in [5.74, 6) is -0.889. The number of carbonyl (C=O) groups excluding carboxylic acids is 1. The number of nitrogens with one attached hydrogen (secondary N) is 4. The molecule has 0 aliphatic carbocycles. The average molecular weight is 414 g/mol. The predicted molar refractivity (Wildman–Crippen MR) is 115 cm³/mol. The first-order chi connectivity index (χ1) is 15.2. The molecule has 0 saturated heterocycles. The highest BCUT2D eigenvalue weighted by atomic mass is 16.5. The third-order valence-corrected chi connectivity index (χ3v) is 5.35. The number of aromatic nitrogens is 4. The minimum Gasteiger partial charge on any atom is -0.462 e. The molecule has 0 fully saturated rings.